The van der Waals surface area contributed by atoms with Crippen molar-refractivity contribution in [3.05, 3.63) is 94.4 Å². The second-order valence-electron chi connectivity index (χ2n) is 7.70. The molecule has 2 N–H and O–H groups in total. The Morgan fingerprint density at radius 2 is 1.85 bits per heavy atom. The Kier molecular flexibility index (Phi) is 6.87. The fraction of sp³-hybridized carbons (Fsp3) is 0.167. The average molecular weight is 499 g/mol. The summed E-state index contributed by atoms with van der Waals surface area (Å²) >= 11 is 5.88. The van der Waals surface area contributed by atoms with E-state index in [0.29, 0.717) is 10.7 Å². The lowest BCUT2D eigenvalue weighted by Gasteiger charge is -2.13. The van der Waals surface area contributed by atoms with E-state index >= 15 is 0 Å². The number of imidazole rings is 1. The van der Waals surface area contributed by atoms with Crippen molar-refractivity contribution in [1.82, 2.24) is 19.4 Å². The SMILES string of the molecule is COc1ccc(C(=O)NCc2cn3ccc(C)cc3n2)cc1S(=O)(=O)NCc1ccc(Cl)cc1. The zero-order valence-electron chi connectivity index (χ0n) is 18.6. The molecule has 34 heavy (non-hydrogen) atoms. The largest absolute Gasteiger partial charge is 0.495 e. The first kappa shape index (κ1) is 23.7. The minimum absolute atomic E-state index is 0.0619. The number of sulfonamides is 1. The molecular formula is C24H23ClN4O4S. The monoisotopic (exact) mass is 498 g/mol. The van der Waals surface area contributed by atoms with Crippen LogP contribution in [0.15, 0.2) is 71.9 Å². The van der Waals surface area contributed by atoms with Crippen LogP contribution in [0.5, 0.6) is 5.75 Å². The number of hydrogen-bond acceptors (Lipinski definition) is 5. The molecule has 0 aliphatic rings. The summed E-state index contributed by atoms with van der Waals surface area (Å²) < 4.78 is 35.6. The standard InChI is InChI=1S/C24H23ClN4O4S/c1-16-9-10-29-15-20(28-23(29)11-16)14-26-24(30)18-5-8-21(33-2)22(12-18)34(31,32)27-13-17-3-6-19(25)7-4-17/h3-12,15,27H,13-14H2,1-2H3,(H,26,30). The van der Waals surface area contributed by atoms with E-state index in [1.807, 2.05) is 35.9 Å². The topological polar surface area (TPSA) is 102 Å². The van der Waals surface area contributed by atoms with Crippen LogP contribution in [0.2, 0.25) is 5.02 Å². The predicted octanol–water partition coefficient (Wildman–Crippen LogP) is 3.71. The number of benzene rings is 2. The van der Waals surface area contributed by atoms with Gasteiger partial charge in [-0.2, -0.15) is 0 Å². The smallest absolute Gasteiger partial charge is 0.251 e. The molecule has 0 aliphatic carbocycles. The van der Waals surface area contributed by atoms with Gasteiger partial charge in [-0.25, -0.2) is 18.1 Å². The lowest BCUT2D eigenvalue weighted by molar-refractivity contribution is 0.0950. The first-order chi connectivity index (χ1) is 16.2. The average Bonchev–Trinajstić information content (AvgIpc) is 3.23. The number of carbonyl (C=O) groups excluding carboxylic acids is 1. The molecule has 0 unspecified atom stereocenters. The first-order valence-corrected chi connectivity index (χ1v) is 12.3. The van der Waals surface area contributed by atoms with Gasteiger partial charge in [0.25, 0.3) is 5.91 Å². The number of nitrogens with zero attached hydrogens (tertiary/aromatic N) is 2. The van der Waals surface area contributed by atoms with Crippen molar-refractivity contribution in [1.29, 1.82) is 0 Å². The van der Waals surface area contributed by atoms with E-state index in [2.05, 4.69) is 15.0 Å². The van der Waals surface area contributed by atoms with Crippen molar-refractivity contribution in [2.24, 2.45) is 0 Å². The number of fused-ring (bicyclic) bond motifs is 1. The molecule has 0 spiro atoms. The predicted molar refractivity (Wildman–Crippen MR) is 130 cm³/mol. The molecule has 0 saturated heterocycles. The van der Waals surface area contributed by atoms with Gasteiger partial charge in [-0.05, 0) is 60.5 Å². The first-order valence-electron chi connectivity index (χ1n) is 10.4. The second-order valence-corrected chi connectivity index (χ2v) is 9.87. The number of aromatic nitrogens is 2. The zero-order valence-corrected chi connectivity index (χ0v) is 20.2. The van der Waals surface area contributed by atoms with Crippen LogP contribution >= 0.6 is 11.6 Å². The number of ether oxygens (including phenoxy) is 1. The Balaban J connectivity index is 1.49. The molecule has 4 aromatic rings. The van der Waals surface area contributed by atoms with Gasteiger partial charge in [-0.15, -0.1) is 0 Å². The van der Waals surface area contributed by atoms with Gasteiger partial charge < -0.3 is 14.5 Å². The number of halogens is 1. The normalized spacial score (nSPS) is 11.5. The Labute approximate surface area is 202 Å². The van der Waals surface area contributed by atoms with Gasteiger partial charge in [-0.3, -0.25) is 4.79 Å². The number of pyridine rings is 1. The van der Waals surface area contributed by atoms with Gasteiger partial charge in [0.15, 0.2) is 0 Å². The van der Waals surface area contributed by atoms with E-state index in [1.165, 1.54) is 25.3 Å². The van der Waals surface area contributed by atoms with Crippen molar-refractivity contribution in [3.63, 3.8) is 0 Å². The highest BCUT2D eigenvalue weighted by molar-refractivity contribution is 7.89. The van der Waals surface area contributed by atoms with Crippen LogP contribution < -0.4 is 14.8 Å². The third-order valence-electron chi connectivity index (χ3n) is 5.19. The molecule has 1 amide bonds. The summed E-state index contributed by atoms with van der Waals surface area (Å²) in [6.07, 6.45) is 3.74. The zero-order chi connectivity index (χ0) is 24.3. The van der Waals surface area contributed by atoms with Gasteiger partial charge in [-0.1, -0.05) is 23.7 Å². The highest BCUT2D eigenvalue weighted by Gasteiger charge is 2.22. The van der Waals surface area contributed by atoms with Gasteiger partial charge in [0, 0.05) is 29.5 Å². The molecule has 0 fully saturated rings. The summed E-state index contributed by atoms with van der Waals surface area (Å²) in [6.45, 7) is 2.24. The summed E-state index contributed by atoms with van der Waals surface area (Å²) in [6, 6.07) is 15.0. The van der Waals surface area contributed by atoms with Crippen molar-refractivity contribution in [2.75, 3.05) is 7.11 Å². The Bertz CT molecular complexity index is 1450. The summed E-state index contributed by atoms with van der Waals surface area (Å²) in [4.78, 5) is 17.1. The number of hydrogen-bond donors (Lipinski definition) is 2. The van der Waals surface area contributed by atoms with Crippen LogP contribution in [-0.4, -0.2) is 30.8 Å². The van der Waals surface area contributed by atoms with E-state index in [4.69, 9.17) is 16.3 Å². The number of nitrogens with one attached hydrogen (secondary N) is 2. The third kappa shape index (κ3) is 5.39. The minimum Gasteiger partial charge on any atom is -0.495 e. The molecule has 0 bridgehead atoms. The van der Waals surface area contributed by atoms with Crippen LogP contribution in [0.4, 0.5) is 0 Å². The quantitative estimate of drug-likeness (QED) is 0.385. The molecule has 0 saturated carbocycles. The maximum Gasteiger partial charge on any atom is 0.251 e. The molecule has 2 aromatic heterocycles. The molecule has 176 valence electrons. The number of aryl methyl sites for hydroxylation is 1. The highest BCUT2D eigenvalue weighted by atomic mass is 35.5. The van der Waals surface area contributed by atoms with Crippen molar-refractivity contribution in [3.8, 4) is 5.75 Å². The van der Waals surface area contributed by atoms with Crippen molar-refractivity contribution in [2.45, 2.75) is 24.9 Å². The summed E-state index contributed by atoms with van der Waals surface area (Å²) in [5.41, 5.74) is 3.49. The number of rotatable bonds is 8. The lowest BCUT2D eigenvalue weighted by atomic mass is 10.2. The molecule has 8 nitrogen and oxygen atoms in total. The lowest BCUT2D eigenvalue weighted by Crippen LogP contribution is -2.26. The third-order valence-corrected chi connectivity index (χ3v) is 6.86. The van der Waals surface area contributed by atoms with E-state index in [1.54, 1.807) is 24.3 Å². The molecule has 10 heteroatoms. The fourth-order valence-electron chi connectivity index (χ4n) is 3.38. The number of amides is 1. The molecule has 0 atom stereocenters. The maximum atomic E-state index is 13.0. The summed E-state index contributed by atoms with van der Waals surface area (Å²) in [5.74, 6) is -0.291. The van der Waals surface area contributed by atoms with Crippen LogP contribution in [0.3, 0.4) is 0 Å². The number of carbonyl (C=O) groups is 1. The highest BCUT2D eigenvalue weighted by Crippen LogP contribution is 2.25. The van der Waals surface area contributed by atoms with Gasteiger partial charge in [0.05, 0.1) is 19.3 Å². The van der Waals surface area contributed by atoms with Crippen molar-refractivity contribution >= 4 is 33.2 Å². The molecule has 4 rings (SSSR count). The molecule has 0 aliphatic heterocycles. The fourth-order valence-corrected chi connectivity index (χ4v) is 4.72. The van der Waals surface area contributed by atoms with E-state index < -0.39 is 15.9 Å². The van der Waals surface area contributed by atoms with Crippen LogP contribution in [0.1, 0.15) is 27.2 Å². The Morgan fingerprint density at radius 3 is 2.59 bits per heavy atom. The van der Waals surface area contributed by atoms with Gasteiger partial charge in [0.2, 0.25) is 10.0 Å². The second kappa shape index (κ2) is 9.84. The van der Waals surface area contributed by atoms with Gasteiger partial charge in [0.1, 0.15) is 16.3 Å². The molecular weight excluding hydrogens is 476 g/mol. The Hall–Kier alpha value is -3.40. The minimum atomic E-state index is -3.96. The summed E-state index contributed by atoms with van der Waals surface area (Å²) in [7, 11) is -2.59. The molecule has 0 radical (unpaired) electrons. The molecule has 2 heterocycles. The van der Waals surface area contributed by atoms with E-state index in [9.17, 15) is 13.2 Å². The van der Waals surface area contributed by atoms with Crippen LogP contribution in [-0.2, 0) is 23.1 Å². The van der Waals surface area contributed by atoms with E-state index in [-0.39, 0.29) is 29.3 Å². The summed E-state index contributed by atoms with van der Waals surface area (Å²) in [5, 5.41) is 3.35. The van der Waals surface area contributed by atoms with Crippen molar-refractivity contribution < 1.29 is 17.9 Å². The van der Waals surface area contributed by atoms with E-state index in [0.717, 1.165) is 16.8 Å². The Morgan fingerprint density at radius 1 is 1.09 bits per heavy atom. The molecule has 2 aromatic carbocycles. The van der Waals surface area contributed by atoms with Crippen LogP contribution in [0, 0.1) is 6.92 Å². The maximum absolute atomic E-state index is 13.0. The number of methoxy groups -OCH3 is 1. The van der Waals surface area contributed by atoms with Gasteiger partial charge >= 0.3 is 0 Å². The van der Waals surface area contributed by atoms with Crippen LogP contribution in [0.25, 0.3) is 5.65 Å².